The molecule has 2 unspecified atom stereocenters. The highest BCUT2D eigenvalue weighted by atomic mass is 16.5. The Labute approximate surface area is 142 Å². The standard InChI is InChI=1S/C18H25NO5/c1-5-24-14-10-18(16(21)22,17(14,2)3)19-15(20)13-8-6-7-12(9-13)11-23-4/h6-9,14H,5,10-11H2,1-4H3,(H,19,20)(H,21,22). The van der Waals surface area contributed by atoms with Gasteiger partial charge in [-0.05, 0) is 24.6 Å². The predicted molar refractivity (Wildman–Crippen MR) is 88.8 cm³/mol. The van der Waals surface area contributed by atoms with Crippen molar-refractivity contribution in [2.45, 2.75) is 45.4 Å². The normalized spacial score (nSPS) is 24.9. The molecule has 24 heavy (non-hydrogen) atoms. The molecule has 0 aliphatic heterocycles. The topological polar surface area (TPSA) is 84.9 Å². The van der Waals surface area contributed by atoms with Crippen LogP contribution in [0.3, 0.4) is 0 Å². The summed E-state index contributed by atoms with van der Waals surface area (Å²) < 4.78 is 10.7. The van der Waals surface area contributed by atoms with Crippen LogP contribution in [0.1, 0.15) is 43.1 Å². The molecule has 0 bridgehead atoms. The quantitative estimate of drug-likeness (QED) is 0.798. The van der Waals surface area contributed by atoms with Gasteiger partial charge < -0.3 is 19.9 Å². The lowest BCUT2D eigenvalue weighted by Gasteiger charge is -2.58. The van der Waals surface area contributed by atoms with E-state index in [1.807, 2.05) is 26.8 Å². The maximum absolute atomic E-state index is 12.6. The van der Waals surface area contributed by atoms with E-state index in [9.17, 15) is 14.7 Å². The van der Waals surface area contributed by atoms with Crippen molar-refractivity contribution in [1.29, 1.82) is 0 Å². The number of carbonyl (C=O) groups is 2. The highest BCUT2D eigenvalue weighted by Gasteiger charge is 2.66. The van der Waals surface area contributed by atoms with Gasteiger partial charge in [-0.1, -0.05) is 26.0 Å². The second kappa shape index (κ2) is 6.91. The third-order valence-corrected chi connectivity index (χ3v) is 4.96. The number of benzene rings is 1. The monoisotopic (exact) mass is 335 g/mol. The predicted octanol–water partition coefficient (Wildman–Crippen LogP) is 2.22. The summed E-state index contributed by atoms with van der Waals surface area (Å²) in [6, 6.07) is 6.98. The van der Waals surface area contributed by atoms with Crippen LogP contribution < -0.4 is 5.32 Å². The van der Waals surface area contributed by atoms with Crippen LogP contribution in [0.15, 0.2) is 24.3 Å². The number of amides is 1. The van der Waals surface area contributed by atoms with Gasteiger partial charge >= 0.3 is 5.97 Å². The molecule has 2 N–H and O–H groups in total. The molecule has 0 heterocycles. The van der Waals surface area contributed by atoms with Gasteiger partial charge in [-0.3, -0.25) is 4.79 Å². The third-order valence-electron chi connectivity index (χ3n) is 4.96. The van der Waals surface area contributed by atoms with Gasteiger partial charge in [0.25, 0.3) is 5.91 Å². The summed E-state index contributed by atoms with van der Waals surface area (Å²) in [6.45, 7) is 6.40. The van der Waals surface area contributed by atoms with E-state index in [0.717, 1.165) is 5.56 Å². The van der Waals surface area contributed by atoms with E-state index < -0.39 is 22.8 Å². The van der Waals surface area contributed by atoms with E-state index in [1.165, 1.54) is 0 Å². The fourth-order valence-electron chi connectivity index (χ4n) is 3.27. The van der Waals surface area contributed by atoms with E-state index in [-0.39, 0.29) is 12.5 Å². The van der Waals surface area contributed by atoms with Gasteiger partial charge in [-0.25, -0.2) is 4.79 Å². The zero-order chi connectivity index (χ0) is 18.0. The van der Waals surface area contributed by atoms with Crippen molar-refractivity contribution in [1.82, 2.24) is 5.32 Å². The largest absolute Gasteiger partial charge is 0.479 e. The van der Waals surface area contributed by atoms with Gasteiger partial charge in [0.2, 0.25) is 0 Å². The van der Waals surface area contributed by atoms with E-state index in [2.05, 4.69) is 5.32 Å². The number of carboxylic acid groups (broad SMARTS) is 1. The van der Waals surface area contributed by atoms with Gasteiger partial charge in [0.1, 0.15) is 5.54 Å². The molecule has 0 saturated heterocycles. The van der Waals surface area contributed by atoms with Crippen LogP contribution in [0.2, 0.25) is 0 Å². The molecule has 1 aliphatic rings. The van der Waals surface area contributed by atoms with Crippen molar-refractivity contribution in [2.24, 2.45) is 5.41 Å². The van der Waals surface area contributed by atoms with Gasteiger partial charge in [-0.15, -0.1) is 0 Å². The second-order valence-corrected chi connectivity index (χ2v) is 6.67. The zero-order valence-corrected chi connectivity index (χ0v) is 14.6. The number of carbonyl (C=O) groups excluding carboxylic acids is 1. The molecule has 2 atom stereocenters. The number of rotatable bonds is 7. The Balaban J connectivity index is 2.22. The van der Waals surface area contributed by atoms with Crippen LogP contribution in [0, 0.1) is 5.41 Å². The minimum absolute atomic E-state index is 0.196. The molecule has 0 spiro atoms. The molecule has 0 aromatic heterocycles. The third kappa shape index (κ3) is 3.03. The van der Waals surface area contributed by atoms with Crippen molar-refractivity contribution < 1.29 is 24.2 Å². The van der Waals surface area contributed by atoms with Crippen molar-refractivity contribution >= 4 is 11.9 Å². The van der Waals surface area contributed by atoms with Crippen LogP contribution >= 0.6 is 0 Å². The summed E-state index contributed by atoms with van der Waals surface area (Å²) in [5.41, 5.74) is -0.758. The molecular weight excluding hydrogens is 310 g/mol. The Morgan fingerprint density at radius 2 is 2.08 bits per heavy atom. The molecule has 0 radical (unpaired) electrons. The van der Waals surface area contributed by atoms with E-state index in [1.54, 1.807) is 25.3 Å². The summed E-state index contributed by atoms with van der Waals surface area (Å²) in [7, 11) is 1.58. The number of nitrogens with one attached hydrogen (secondary N) is 1. The van der Waals surface area contributed by atoms with E-state index in [0.29, 0.717) is 18.8 Å². The molecule has 1 amide bonds. The number of hydrogen-bond acceptors (Lipinski definition) is 4. The van der Waals surface area contributed by atoms with Crippen molar-refractivity contribution in [3.8, 4) is 0 Å². The lowest BCUT2D eigenvalue weighted by Crippen LogP contribution is -2.76. The average Bonchev–Trinajstić information content (AvgIpc) is 2.53. The SMILES string of the molecule is CCOC1CC(NC(=O)c2cccc(COC)c2)(C(=O)O)C1(C)C. The molecule has 1 aromatic carbocycles. The lowest BCUT2D eigenvalue weighted by molar-refractivity contribution is -0.190. The first-order chi connectivity index (χ1) is 11.3. The fourth-order valence-corrected chi connectivity index (χ4v) is 3.27. The first kappa shape index (κ1) is 18.4. The Hall–Kier alpha value is -1.92. The Morgan fingerprint density at radius 1 is 1.38 bits per heavy atom. The van der Waals surface area contributed by atoms with Crippen molar-refractivity contribution in [3.63, 3.8) is 0 Å². The molecule has 1 aromatic rings. The first-order valence-corrected chi connectivity index (χ1v) is 8.04. The van der Waals surface area contributed by atoms with Crippen LogP contribution in [0.4, 0.5) is 0 Å². The molecule has 1 fully saturated rings. The van der Waals surface area contributed by atoms with Gasteiger partial charge in [0.05, 0.1) is 12.7 Å². The zero-order valence-electron chi connectivity index (χ0n) is 14.6. The van der Waals surface area contributed by atoms with Crippen LogP contribution in [-0.4, -0.2) is 42.3 Å². The average molecular weight is 335 g/mol. The highest BCUT2D eigenvalue weighted by molar-refractivity contribution is 5.98. The number of carboxylic acids is 1. The highest BCUT2D eigenvalue weighted by Crippen LogP contribution is 2.51. The molecule has 6 nitrogen and oxygen atoms in total. The minimum Gasteiger partial charge on any atom is -0.479 e. The maximum atomic E-state index is 12.6. The molecule has 6 heteroatoms. The fraction of sp³-hybridized carbons (Fsp3) is 0.556. The molecule has 2 rings (SSSR count). The van der Waals surface area contributed by atoms with Crippen LogP contribution in [-0.2, 0) is 20.9 Å². The Bertz CT molecular complexity index is 628. The summed E-state index contributed by atoms with van der Waals surface area (Å²) in [5, 5.41) is 12.5. The smallest absolute Gasteiger partial charge is 0.330 e. The second-order valence-electron chi connectivity index (χ2n) is 6.67. The first-order valence-electron chi connectivity index (χ1n) is 8.04. The van der Waals surface area contributed by atoms with Gasteiger partial charge in [0, 0.05) is 31.1 Å². The number of methoxy groups -OCH3 is 1. The summed E-state index contributed by atoms with van der Waals surface area (Å²) in [4.78, 5) is 24.5. The van der Waals surface area contributed by atoms with Gasteiger partial charge in [-0.2, -0.15) is 0 Å². The number of aliphatic carboxylic acids is 1. The maximum Gasteiger partial charge on any atom is 0.330 e. The lowest BCUT2D eigenvalue weighted by atomic mass is 9.54. The van der Waals surface area contributed by atoms with Crippen LogP contribution in [0.5, 0.6) is 0 Å². The molecule has 1 saturated carbocycles. The molecular formula is C18H25NO5. The van der Waals surface area contributed by atoms with Crippen molar-refractivity contribution in [3.05, 3.63) is 35.4 Å². The van der Waals surface area contributed by atoms with Gasteiger partial charge in [0.15, 0.2) is 0 Å². The number of hydrogen-bond donors (Lipinski definition) is 2. The molecule has 132 valence electrons. The minimum atomic E-state index is -1.33. The Morgan fingerprint density at radius 3 is 2.62 bits per heavy atom. The Kier molecular flexibility index (Phi) is 5.30. The molecule has 1 aliphatic carbocycles. The summed E-state index contributed by atoms with van der Waals surface area (Å²) in [5.74, 6) is -1.44. The number of ether oxygens (including phenoxy) is 2. The van der Waals surface area contributed by atoms with Crippen molar-refractivity contribution in [2.75, 3.05) is 13.7 Å². The van der Waals surface area contributed by atoms with E-state index >= 15 is 0 Å². The van der Waals surface area contributed by atoms with Crippen LogP contribution in [0.25, 0.3) is 0 Å². The summed E-state index contributed by atoms with van der Waals surface area (Å²) >= 11 is 0. The summed E-state index contributed by atoms with van der Waals surface area (Å²) in [6.07, 6.45) is 0.0610. The van der Waals surface area contributed by atoms with E-state index in [4.69, 9.17) is 9.47 Å².